The van der Waals surface area contributed by atoms with E-state index < -0.39 is 8.07 Å². The van der Waals surface area contributed by atoms with Gasteiger partial charge >= 0.3 is 0 Å². The minimum atomic E-state index is -1.35. The lowest BCUT2D eigenvalue weighted by atomic mass is 10.2. The fourth-order valence-electron chi connectivity index (χ4n) is 0.984. The van der Waals surface area contributed by atoms with Crippen LogP contribution in [-0.4, -0.2) is 13.9 Å². The molecule has 0 fully saturated rings. The lowest BCUT2D eigenvalue weighted by molar-refractivity contribution is 0.0995. The zero-order valence-corrected chi connectivity index (χ0v) is 10.8. The highest BCUT2D eigenvalue weighted by molar-refractivity contribution is 7.08. The van der Waals surface area contributed by atoms with Crippen LogP contribution in [0, 0.1) is 0 Å². The molecule has 0 spiro atoms. The highest BCUT2D eigenvalue weighted by Gasteiger charge is 2.20. The van der Waals surface area contributed by atoms with Crippen LogP contribution in [0.5, 0.6) is 0 Å². The Balaban J connectivity index is 2.63. The van der Waals surface area contributed by atoms with Crippen molar-refractivity contribution in [2.24, 2.45) is 0 Å². The Morgan fingerprint density at radius 3 is 2.57 bits per heavy atom. The van der Waals surface area contributed by atoms with Gasteiger partial charge in [0.1, 0.15) is 0 Å². The van der Waals surface area contributed by atoms with Gasteiger partial charge in [-0.05, 0) is 11.4 Å². The van der Waals surface area contributed by atoms with E-state index in [1.165, 1.54) is 0 Å². The minimum absolute atomic E-state index is 0.207. The minimum Gasteiger partial charge on any atom is -0.294 e. The third-order valence-electron chi connectivity index (χ3n) is 2.28. The summed E-state index contributed by atoms with van der Waals surface area (Å²) in [6, 6.07) is 1.88. The lowest BCUT2D eigenvalue weighted by Crippen LogP contribution is -2.24. The quantitative estimate of drug-likeness (QED) is 0.562. The van der Waals surface area contributed by atoms with Crippen molar-refractivity contribution in [2.45, 2.75) is 26.1 Å². The molecule has 0 radical (unpaired) electrons. The third-order valence-corrected chi connectivity index (χ3v) is 5.26. The number of carbonyl (C=O) groups excluding carboxylic acids is 1. The molecule has 0 unspecified atom stereocenters. The lowest BCUT2D eigenvalue weighted by Gasteiger charge is -2.18. The number of allylic oxidation sites excluding steroid dienone is 1. The second kappa shape index (κ2) is 4.23. The molecule has 0 atom stereocenters. The largest absolute Gasteiger partial charge is 0.294 e. The molecule has 76 valence electrons. The monoisotopic (exact) mass is 224 g/mol. The average molecular weight is 224 g/mol. The summed E-state index contributed by atoms with van der Waals surface area (Å²) in [5.41, 5.74) is 0.828. The number of thiophene rings is 1. The molecule has 3 heteroatoms. The van der Waals surface area contributed by atoms with Crippen molar-refractivity contribution in [1.82, 2.24) is 0 Å². The van der Waals surface area contributed by atoms with Gasteiger partial charge in [-0.2, -0.15) is 11.3 Å². The summed E-state index contributed by atoms with van der Waals surface area (Å²) < 4.78 is 0. The van der Waals surface area contributed by atoms with Crippen molar-refractivity contribution in [3.05, 3.63) is 34.2 Å². The van der Waals surface area contributed by atoms with Gasteiger partial charge in [0.05, 0.1) is 8.07 Å². The molecule has 0 aromatic carbocycles. The topological polar surface area (TPSA) is 17.1 Å². The highest BCUT2D eigenvalue weighted by atomic mass is 32.1. The number of rotatable bonds is 4. The molecule has 1 heterocycles. The SMILES string of the molecule is C=C(CC(=O)c1ccsc1)[Si](C)(C)C. The van der Waals surface area contributed by atoms with Crippen LogP contribution in [0.15, 0.2) is 28.6 Å². The maximum Gasteiger partial charge on any atom is 0.167 e. The first-order chi connectivity index (χ1) is 6.41. The van der Waals surface area contributed by atoms with E-state index in [0.717, 1.165) is 10.8 Å². The predicted octanol–water partition coefficient (Wildman–Crippen LogP) is 3.75. The van der Waals surface area contributed by atoms with Crippen LogP contribution in [0.4, 0.5) is 0 Å². The van der Waals surface area contributed by atoms with Crippen LogP contribution in [0.1, 0.15) is 16.8 Å². The van der Waals surface area contributed by atoms with E-state index in [1.54, 1.807) is 11.3 Å². The number of Topliss-reactive ketones (excluding diaryl/α,β-unsaturated/α-hetero) is 1. The number of carbonyl (C=O) groups is 1. The molecule has 1 rings (SSSR count). The van der Waals surface area contributed by atoms with E-state index in [0.29, 0.717) is 6.42 Å². The molecule has 1 aromatic heterocycles. The van der Waals surface area contributed by atoms with Crippen LogP contribution in [0.25, 0.3) is 0 Å². The van der Waals surface area contributed by atoms with Crippen LogP contribution in [-0.2, 0) is 0 Å². The summed E-state index contributed by atoms with van der Waals surface area (Å²) in [6.45, 7) is 10.7. The standard InChI is InChI=1S/C11H16OSSi/c1-9(14(2,3)4)7-11(12)10-5-6-13-8-10/h5-6,8H,1,7H2,2-4H3. The summed E-state index contributed by atoms with van der Waals surface area (Å²) >= 11 is 1.56. The summed E-state index contributed by atoms with van der Waals surface area (Å²) in [6.07, 6.45) is 0.520. The Hall–Kier alpha value is -0.673. The van der Waals surface area contributed by atoms with Crippen molar-refractivity contribution >= 4 is 25.2 Å². The number of ketones is 1. The molecule has 1 nitrogen and oxygen atoms in total. The van der Waals surface area contributed by atoms with Gasteiger partial charge in [0, 0.05) is 17.4 Å². The maximum atomic E-state index is 11.7. The Morgan fingerprint density at radius 1 is 1.50 bits per heavy atom. The van der Waals surface area contributed by atoms with Gasteiger partial charge in [0.15, 0.2) is 5.78 Å². The summed E-state index contributed by atoms with van der Waals surface area (Å²) in [5, 5.41) is 4.97. The maximum absolute atomic E-state index is 11.7. The molecule has 0 saturated heterocycles. The Labute approximate surface area is 90.5 Å². The second-order valence-electron chi connectivity index (χ2n) is 4.47. The Bertz CT molecular complexity index is 333. The van der Waals surface area contributed by atoms with E-state index in [9.17, 15) is 4.79 Å². The molecule has 0 amide bonds. The van der Waals surface area contributed by atoms with Gasteiger partial charge in [0.2, 0.25) is 0 Å². The summed E-state index contributed by atoms with van der Waals surface area (Å²) in [5.74, 6) is 0.207. The molecule has 0 aliphatic heterocycles. The first-order valence-electron chi connectivity index (χ1n) is 4.65. The fraction of sp³-hybridized carbons (Fsp3) is 0.364. The van der Waals surface area contributed by atoms with Crippen molar-refractivity contribution in [3.8, 4) is 0 Å². The van der Waals surface area contributed by atoms with Crippen molar-refractivity contribution in [1.29, 1.82) is 0 Å². The van der Waals surface area contributed by atoms with E-state index >= 15 is 0 Å². The van der Waals surface area contributed by atoms with Crippen molar-refractivity contribution < 1.29 is 4.79 Å². The molecule has 0 saturated carbocycles. The molecular formula is C11H16OSSi. The number of hydrogen-bond acceptors (Lipinski definition) is 2. The van der Waals surface area contributed by atoms with Crippen molar-refractivity contribution in [3.63, 3.8) is 0 Å². The molecule has 0 bridgehead atoms. The smallest absolute Gasteiger partial charge is 0.167 e. The van der Waals surface area contributed by atoms with Gasteiger partial charge in [-0.1, -0.05) is 24.8 Å². The fourth-order valence-corrected chi connectivity index (χ4v) is 2.34. The molecule has 0 aliphatic rings. The molecule has 0 N–H and O–H groups in total. The van der Waals surface area contributed by atoms with E-state index in [-0.39, 0.29) is 5.78 Å². The average Bonchev–Trinajstić information content (AvgIpc) is 2.53. The van der Waals surface area contributed by atoms with Gasteiger partial charge in [-0.3, -0.25) is 4.79 Å². The van der Waals surface area contributed by atoms with Crippen LogP contribution in [0.2, 0.25) is 19.6 Å². The van der Waals surface area contributed by atoms with Crippen LogP contribution in [0.3, 0.4) is 0 Å². The van der Waals surface area contributed by atoms with Crippen molar-refractivity contribution in [2.75, 3.05) is 0 Å². The van der Waals surface area contributed by atoms with E-state index in [1.807, 2.05) is 16.8 Å². The summed E-state index contributed by atoms with van der Waals surface area (Å²) in [7, 11) is -1.35. The Kier molecular flexibility index (Phi) is 3.45. The predicted molar refractivity (Wildman–Crippen MR) is 65.8 cm³/mol. The zero-order chi connectivity index (χ0) is 10.8. The van der Waals surface area contributed by atoms with E-state index in [4.69, 9.17) is 0 Å². The Morgan fingerprint density at radius 2 is 2.14 bits per heavy atom. The normalized spacial score (nSPS) is 11.4. The van der Waals surface area contributed by atoms with Crippen LogP contribution < -0.4 is 0 Å². The second-order valence-corrected chi connectivity index (χ2v) is 10.5. The van der Waals surface area contributed by atoms with Gasteiger partial charge in [-0.25, -0.2) is 0 Å². The zero-order valence-electron chi connectivity index (χ0n) is 8.96. The molecular weight excluding hydrogens is 208 g/mol. The first kappa shape index (κ1) is 11.4. The van der Waals surface area contributed by atoms with Crippen LogP contribution >= 0.6 is 11.3 Å². The first-order valence-corrected chi connectivity index (χ1v) is 9.09. The third kappa shape index (κ3) is 2.92. The molecule has 0 aliphatic carbocycles. The van der Waals surface area contributed by atoms with Gasteiger partial charge < -0.3 is 0 Å². The molecule has 1 aromatic rings. The number of hydrogen-bond donors (Lipinski definition) is 0. The highest BCUT2D eigenvalue weighted by Crippen LogP contribution is 2.19. The van der Waals surface area contributed by atoms with E-state index in [2.05, 4.69) is 26.2 Å². The molecule has 14 heavy (non-hydrogen) atoms. The van der Waals surface area contributed by atoms with Gasteiger partial charge in [-0.15, -0.1) is 6.58 Å². The summed E-state index contributed by atoms with van der Waals surface area (Å²) in [4.78, 5) is 11.7. The van der Waals surface area contributed by atoms with Gasteiger partial charge in [0.25, 0.3) is 0 Å².